The topological polar surface area (TPSA) is 66.0 Å². The predicted octanol–water partition coefficient (Wildman–Crippen LogP) is 2.55. The Labute approximate surface area is 123 Å². The van der Waals surface area contributed by atoms with Gasteiger partial charge in [-0.1, -0.05) is 18.5 Å². The molecule has 6 heteroatoms. The third-order valence-electron chi connectivity index (χ3n) is 3.08. The number of aryl methyl sites for hydroxylation is 2. The number of hydrogen-bond donors (Lipinski definition) is 1. The first-order valence-corrected chi connectivity index (χ1v) is 7.09. The molecule has 0 spiro atoms. The van der Waals surface area contributed by atoms with Gasteiger partial charge < -0.3 is 10.5 Å². The largest absolute Gasteiger partial charge is 0.486 e. The fraction of sp³-hybridized carbons (Fsp3) is 0.429. The van der Waals surface area contributed by atoms with Gasteiger partial charge in [-0.3, -0.25) is 9.67 Å². The average molecular weight is 295 g/mol. The monoisotopic (exact) mass is 294 g/mol. The van der Waals surface area contributed by atoms with Crippen molar-refractivity contribution in [2.75, 3.05) is 0 Å². The highest BCUT2D eigenvalue weighted by atomic mass is 35.5. The van der Waals surface area contributed by atoms with Gasteiger partial charge in [0.05, 0.1) is 28.3 Å². The van der Waals surface area contributed by atoms with Crippen LogP contribution in [0.2, 0.25) is 5.02 Å². The molecular weight excluding hydrogens is 276 g/mol. The summed E-state index contributed by atoms with van der Waals surface area (Å²) >= 11 is 6.33. The fourth-order valence-electron chi connectivity index (χ4n) is 1.92. The van der Waals surface area contributed by atoms with Crippen LogP contribution in [-0.4, -0.2) is 14.8 Å². The quantitative estimate of drug-likeness (QED) is 0.889. The van der Waals surface area contributed by atoms with Gasteiger partial charge in [-0.15, -0.1) is 0 Å². The lowest BCUT2D eigenvalue weighted by molar-refractivity contribution is 0.291. The molecule has 0 aliphatic heterocycles. The second-order valence-electron chi connectivity index (χ2n) is 4.35. The van der Waals surface area contributed by atoms with E-state index in [1.54, 1.807) is 6.20 Å². The Morgan fingerprint density at radius 2 is 2.15 bits per heavy atom. The van der Waals surface area contributed by atoms with Crippen molar-refractivity contribution in [2.45, 2.75) is 40.0 Å². The van der Waals surface area contributed by atoms with Crippen LogP contribution in [-0.2, 0) is 26.1 Å². The summed E-state index contributed by atoms with van der Waals surface area (Å²) in [6.45, 7) is 5.64. The van der Waals surface area contributed by atoms with E-state index in [1.165, 1.54) is 0 Å². The average Bonchev–Trinajstić information content (AvgIpc) is 2.81. The fourth-order valence-corrected chi connectivity index (χ4v) is 2.25. The lowest BCUT2D eigenvalue weighted by atomic mass is 10.3. The molecule has 5 nitrogen and oxygen atoms in total. The van der Waals surface area contributed by atoms with E-state index in [1.807, 2.05) is 30.7 Å². The van der Waals surface area contributed by atoms with Crippen molar-refractivity contribution in [3.05, 3.63) is 40.4 Å². The number of nitrogens with zero attached hydrogens (tertiary/aromatic N) is 3. The van der Waals surface area contributed by atoms with Crippen molar-refractivity contribution in [2.24, 2.45) is 5.73 Å². The van der Waals surface area contributed by atoms with Gasteiger partial charge in [-0.25, -0.2) is 0 Å². The van der Waals surface area contributed by atoms with Crippen molar-refractivity contribution in [3.8, 4) is 5.75 Å². The molecule has 0 unspecified atom stereocenters. The number of halogens is 1. The van der Waals surface area contributed by atoms with E-state index in [9.17, 15) is 0 Å². The zero-order valence-corrected chi connectivity index (χ0v) is 12.5. The summed E-state index contributed by atoms with van der Waals surface area (Å²) in [6, 6.07) is 3.71. The van der Waals surface area contributed by atoms with E-state index >= 15 is 0 Å². The third-order valence-corrected chi connectivity index (χ3v) is 3.51. The van der Waals surface area contributed by atoms with Crippen molar-refractivity contribution < 1.29 is 4.74 Å². The number of nitrogens with two attached hydrogens (primary N) is 1. The molecule has 0 saturated heterocycles. The van der Waals surface area contributed by atoms with Gasteiger partial charge in [-0.2, -0.15) is 5.10 Å². The molecule has 0 radical (unpaired) electrons. The molecule has 2 heterocycles. The molecule has 0 bridgehead atoms. The predicted molar refractivity (Wildman–Crippen MR) is 78.7 cm³/mol. The minimum Gasteiger partial charge on any atom is -0.486 e. The molecule has 0 saturated carbocycles. The van der Waals surface area contributed by atoms with Gasteiger partial charge in [0.2, 0.25) is 0 Å². The Bertz CT molecular complexity index is 565. The minimum absolute atomic E-state index is 0.378. The molecular formula is C14H19ClN4O. The number of pyridine rings is 1. The van der Waals surface area contributed by atoms with Crippen LogP contribution in [0, 0.1) is 0 Å². The van der Waals surface area contributed by atoms with Crippen LogP contribution in [0.1, 0.15) is 30.9 Å². The normalized spacial score (nSPS) is 10.8. The Hall–Kier alpha value is -1.59. The second kappa shape index (κ2) is 6.72. The summed E-state index contributed by atoms with van der Waals surface area (Å²) in [4.78, 5) is 4.19. The van der Waals surface area contributed by atoms with E-state index in [-0.39, 0.29) is 0 Å². The van der Waals surface area contributed by atoms with E-state index in [0.717, 1.165) is 30.0 Å². The lowest BCUT2D eigenvalue weighted by Gasteiger charge is -2.08. The molecule has 0 aliphatic carbocycles. The molecule has 0 amide bonds. The standard InChI is InChI=1S/C14H19ClN4O/c1-3-12-14(15)13(19(4-2)18-12)9-20-11-6-5-10(7-16)17-8-11/h5-6,8H,3-4,7,9,16H2,1-2H3. The van der Waals surface area contributed by atoms with Gasteiger partial charge in [0.1, 0.15) is 12.4 Å². The zero-order chi connectivity index (χ0) is 14.5. The van der Waals surface area contributed by atoms with Gasteiger partial charge in [-0.05, 0) is 25.5 Å². The van der Waals surface area contributed by atoms with Crippen molar-refractivity contribution in [1.82, 2.24) is 14.8 Å². The summed E-state index contributed by atoms with van der Waals surface area (Å²) in [5, 5.41) is 5.15. The molecule has 20 heavy (non-hydrogen) atoms. The first-order chi connectivity index (χ1) is 9.69. The summed E-state index contributed by atoms with van der Waals surface area (Å²) in [5.74, 6) is 0.695. The van der Waals surface area contributed by atoms with E-state index in [4.69, 9.17) is 22.1 Å². The highest BCUT2D eigenvalue weighted by Gasteiger charge is 2.14. The molecule has 2 aromatic rings. The van der Waals surface area contributed by atoms with Crippen molar-refractivity contribution in [1.29, 1.82) is 0 Å². The number of hydrogen-bond acceptors (Lipinski definition) is 4. The Morgan fingerprint density at radius 1 is 1.35 bits per heavy atom. The molecule has 2 rings (SSSR count). The molecule has 0 fully saturated rings. The summed E-state index contributed by atoms with van der Waals surface area (Å²) < 4.78 is 7.60. The molecule has 0 aromatic carbocycles. The van der Waals surface area contributed by atoms with Crippen LogP contribution in [0.25, 0.3) is 0 Å². The highest BCUT2D eigenvalue weighted by Crippen LogP contribution is 2.23. The maximum Gasteiger partial charge on any atom is 0.138 e. The van der Waals surface area contributed by atoms with Crippen LogP contribution in [0.3, 0.4) is 0 Å². The van der Waals surface area contributed by atoms with Crippen LogP contribution in [0.15, 0.2) is 18.3 Å². The van der Waals surface area contributed by atoms with E-state index < -0.39 is 0 Å². The Morgan fingerprint density at radius 3 is 2.70 bits per heavy atom. The first-order valence-electron chi connectivity index (χ1n) is 6.71. The van der Waals surface area contributed by atoms with Crippen LogP contribution in [0.4, 0.5) is 0 Å². The highest BCUT2D eigenvalue weighted by molar-refractivity contribution is 6.31. The van der Waals surface area contributed by atoms with Gasteiger partial charge in [0, 0.05) is 13.1 Å². The Kier molecular flexibility index (Phi) is 4.98. The SMILES string of the molecule is CCc1nn(CC)c(COc2ccc(CN)nc2)c1Cl. The van der Waals surface area contributed by atoms with Crippen LogP contribution < -0.4 is 10.5 Å². The first kappa shape index (κ1) is 14.8. The van der Waals surface area contributed by atoms with Gasteiger partial charge in [0.25, 0.3) is 0 Å². The zero-order valence-electron chi connectivity index (χ0n) is 11.8. The lowest BCUT2D eigenvalue weighted by Crippen LogP contribution is -2.07. The molecule has 2 N–H and O–H groups in total. The van der Waals surface area contributed by atoms with Crippen LogP contribution in [0.5, 0.6) is 5.75 Å². The summed E-state index contributed by atoms with van der Waals surface area (Å²) in [6.07, 6.45) is 2.48. The van der Waals surface area contributed by atoms with Gasteiger partial charge >= 0.3 is 0 Å². The summed E-state index contributed by atoms with van der Waals surface area (Å²) in [5.41, 5.74) is 8.15. The van der Waals surface area contributed by atoms with Gasteiger partial charge in [0.15, 0.2) is 0 Å². The maximum absolute atomic E-state index is 6.33. The number of aromatic nitrogens is 3. The number of rotatable bonds is 6. The smallest absolute Gasteiger partial charge is 0.138 e. The second-order valence-corrected chi connectivity index (χ2v) is 4.73. The van der Waals surface area contributed by atoms with E-state index in [2.05, 4.69) is 10.1 Å². The van der Waals surface area contributed by atoms with Crippen molar-refractivity contribution >= 4 is 11.6 Å². The Balaban J connectivity index is 2.11. The van der Waals surface area contributed by atoms with Crippen LogP contribution >= 0.6 is 11.6 Å². The van der Waals surface area contributed by atoms with E-state index in [0.29, 0.717) is 23.9 Å². The minimum atomic E-state index is 0.378. The maximum atomic E-state index is 6.33. The van der Waals surface area contributed by atoms with Crippen molar-refractivity contribution in [3.63, 3.8) is 0 Å². The summed E-state index contributed by atoms with van der Waals surface area (Å²) in [7, 11) is 0. The molecule has 0 atom stereocenters. The third kappa shape index (κ3) is 3.11. The molecule has 0 aliphatic rings. The molecule has 2 aromatic heterocycles. The molecule has 108 valence electrons. The number of ether oxygens (including phenoxy) is 1.